The number of aromatic nitrogens is 2. The predicted molar refractivity (Wildman–Crippen MR) is 46.3 cm³/mol. The molecule has 0 amide bonds. The topological polar surface area (TPSA) is 70.0 Å². The van der Waals surface area contributed by atoms with Crippen LogP contribution < -0.4 is 17.0 Å². The normalized spacial score (nSPS) is 10.2. The van der Waals surface area contributed by atoms with E-state index in [1.54, 1.807) is 0 Å². The van der Waals surface area contributed by atoms with Crippen LogP contribution in [0.25, 0.3) is 0 Å². The van der Waals surface area contributed by atoms with Crippen LogP contribution in [0.4, 0.5) is 5.69 Å². The van der Waals surface area contributed by atoms with Gasteiger partial charge in [-0.2, -0.15) is 0 Å². The molecule has 0 aliphatic heterocycles. The van der Waals surface area contributed by atoms with Gasteiger partial charge in [-0.3, -0.25) is 13.9 Å². The van der Waals surface area contributed by atoms with Crippen LogP contribution >= 0.6 is 11.6 Å². The first kappa shape index (κ1) is 8.86. The highest BCUT2D eigenvalue weighted by Gasteiger charge is 2.09. The molecule has 1 rings (SSSR count). The van der Waals surface area contributed by atoms with Gasteiger partial charge in [0.05, 0.1) is 0 Å². The first-order chi connectivity index (χ1) is 5.46. The number of halogens is 1. The van der Waals surface area contributed by atoms with Crippen molar-refractivity contribution in [2.45, 2.75) is 0 Å². The molecule has 0 fully saturated rings. The molecule has 0 spiro atoms. The molecule has 6 heteroatoms. The van der Waals surface area contributed by atoms with E-state index in [9.17, 15) is 9.59 Å². The third kappa shape index (κ3) is 1.02. The van der Waals surface area contributed by atoms with Crippen LogP contribution in [-0.4, -0.2) is 9.13 Å². The Morgan fingerprint density at radius 2 is 1.75 bits per heavy atom. The number of nitrogens with two attached hydrogens (primary N) is 1. The standard InChI is InChI=1S/C6H8ClN3O2/c1-9-4(7)3(8)5(11)10(2)6(9)12/h8H2,1-2H3. The third-order valence-corrected chi connectivity index (χ3v) is 2.08. The van der Waals surface area contributed by atoms with E-state index >= 15 is 0 Å². The van der Waals surface area contributed by atoms with Gasteiger partial charge in [-0.25, -0.2) is 4.79 Å². The maximum atomic E-state index is 11.1. The Bertz CT molecular complexity index is 394. The van der Waals surface area contributed by atoms with Crippen LogP contribution in [-0.2, 0) is 14.1 Å². The zero-order valence-corrected chi connectivity index (χ0v) is 7.42. The van der Waals surface area contributed by atoms with Gasteiger partial charge in [0.15, 0.2) is 0 Å². The van der Waals surface area contributed by atoms with Gasteiger partial charge in [0.2, 0.25) is 0 Å². The van der Waals surface area contributed by atoms with Gasteiger partial charge in [-0.1, -0.05) is 11.6 Å². The quantitative estimate of drug-likeness (QED) is 0.550. The Balaban J connectivity index is 3.86. The average Bonchev–Trinajstić information content (AvgIpc) is 2.08. The molecule has 0 saturated heterocycles. The lowest BCUT2D eigenvalue weighted by Crippen LogP contribution is -2.38. The van der Waals surface area contributed by atoms with E-state index in [1.807, 2.05) is 0 Å². The number of nitrogen functional groups attached to an aromatic ring is 1. The molecule has 66 valence electrons. The van der Waals surface area contributed by atoms with Crippen molar-refractivity contribution < 1.29 is 0 Å². The van der Waals surface area contributed by atoms with Gasteiger partial charge in [-0.05, 0) is 0 Å². The molecule has 0 radical (unpaired) electrons. The first-order valence-corrected chi connectivity index (χ1v) is 3.55. The number of hydrogen-bond acceptors (Lipinski definition) is 3. The SMILES string of the molecule is Cn1c(Cl)c(N)c(=O)n(C)c1=O. The summed E-state index contributed by atoms with van der Waals surface area (Å²) in [5.74, 6) is 0. The van der Waals surface area contributed by atoms with Crippen LogP contribution in [0.2, 0.25) is 5.15 Å². The van der Waals surface area contributed by atoms with Crippen molar-refractivity contribution in [2.24, 2.45) is 14.1 Å². The molecule has 1 aromatic rings. The molecule has 0 aromatic carbocycles. The predicted octanol–water partition coefficient (Wildman–Crippen LogP) is -0.680. The third-order valence-electron chi connectivity index (χ3n) is 1.63. The van der Waals surface area contributed by atoms with Gasteiger partial charge >= 0.3 is 5.69 Å². The van der Waals surface area contributed by atoms with Crippen molar-refractivity contribution in [2.75, 3.05) is 5.73 Å². The molecule has 12 heavy (non-hydrogen) atoms. The summed E-state index contributed by atoms with van der Waals surface area (Å²) in [6, 6.07) is 0. The molecule has 5 nitrogen and oxygen atoms in total. The maximum absolute atomic E-state index is 11.1. The van der Waals surface area contributed by atoms with Crippen molar-refractivity contribution in [3.8, 4) is 0 Å². The van der Waals surface area contributed by atoms with Crippen molar-refractivity contribution in [3.05, 3.63) is 26.0 Å². The Labute approximate surface area is 73.0 Å². The summed E-state index contributed by atoms with van der Waals surface area (Å²) in [6.45, 7) is 0. The minimum Gasteiger partial charge on any atom is -0.392 e. The summed E-state index contributed by atoms with van der Waals surface area (Å²) in [4.78, 5) is 22.3. The second kappa shape index (κ2) is 2.67. The van der Waals surface area contributed by atoms with Crippen LogP contribution in [0.1, 0.15) is 0 Å². The summed E-state index contributed by atoms with van der Waals surface area (Å²) in [6.07, 6.45) is 0. The van der Waals surface area contributed by atoms with Crippen molar-refractivity contribution in [1.82, 2.24) is 9.13 Å². The Hall–Kier alpha value is -1.23. The minimum atomic E-state index is -0.567. The molecule has 0 bridgehead atoms. The summed E-state index contributed by atoms with van der Waals surface area (Å²) < 4.78 is 2.01. The lowest BCUT2D eigenvalue weighted by atomic mass is 10.5. The zero-order chi connectivity index (χ0) is 9.46. The fourth-order valence-electron chi connectivity index (χ4n) is 0.845. The molecule has 0 aliphatic carbocycles. The van der Waals surface area contributed by atoms with Crippen LogP contribution in [0.3, 0.4) is 0 Å². The lowest BCUT2D eigenvalue weighted by Gasteiger charge is -2.05. The van der Waals surface area contributed by atoms with Crippen molar-refractivity contribution in [3.63, 3.8) is 0 Å². The smallest absolute Gasteiger partial charge is 0.331 e. The molecule has 2 N–H and O–H groups in total. The highest BCUT2D eigenvalue weighted by Crippen LogP contribution is 2.08. The van der Waals surface area contributed by atoms with E-state index in [4.69, 9.17) is 17.3 Å². The number of nitrogens with zero attached hydrogens (tertiary/aromatic N) is 2. The van der Waals surface area contributed by atoms with Gasteiger partial charge in [0.1, 0.15) is 10.8 Å². The summed E-state index contributed by atoms with van der Waals surface area (Å²) in [5, 5.41) is -0.0249. The van der Waals surface area contributed by atoms with Crippen molar-refractivity contribution >= 4 is 17.3 Å². The molecule has 1 heterocycles. The molecule has 0 saturated carbocycles. The Kier molecular flexibility index (Phi) is 1.97. The molecule has 0 unspecified atom stereocenters. The van der Waals surface area contributed by atoms with Crippen molar-refractivity contribution in [1.29, 1.82) is 0 Å². The van der Waals surface area contributed by atoms with Crippen LogP contribution in [0, 0.1) is 0 Å². The first-order valence-electron chi connectivity index (χ1n) is 3.17. The van der Waals surface area contributed by atoms with E-state index in [-0.39, 0.29) is 10.8 Å². The van der Waals surface area contributed by atoms with Gasteiger partial charge < -0.3 is 5.73 Å². The molecular weight excluding hydrogens is 182 g/mol. The fraction of sp³-hybridized carbons (Fsp3) is 0.333. The monoisotopic (exact) mass is 189 g/mol. The highest BCUT2D eigenvalue weighted by atomic mass is 35.5. The number of hydrogen-bond donors (Lipinski definition) is 1. The van der Waals surface area contributed by atoms with E-state index < -0.39 is 11.2 Å². The maximum Gasteiger partial charge on any atom is 0.331 e. The molecule has 1 aromatic heterocycles. The highest BCUT2D eigenvalue weighted by molar-refractivity contribution is 6.31. The van der Waals surface area contributed by atoms with Crippen LogP contribution in [0.5, 0.6) is 0 Å². The molecule has 0 atom stereocenters. The van der Waals surface area contributed by atoms with Gasteiger partial charge in [0.25, 0.3) is 5.56 Å². The number of anilines is 1. The summed E-state index contributed by atoms with van der Waals surface area (Å²) in [7, 11) is 2.79. The lowest BCUT2D eigenvalue weighted by molar-refractivity contribution is 0.690. The second-order valence-corrected chi connectivity index (χ2v) is 2.77. The number of rotatable bonds is 0. The molecule has 0 aliphatic rings. The van der Waals surface area contributed by atoms with Crippen LogP contribution in [0.15, 0.2) is 9.59 Å². The van der Waals surface area contributed by atoms with E-state index in [1.165, 1.54) is 14.1 Å². The Morgan fingerprint density at radius 1 is 1.25 bits per heavy atom. The summed E-state index contributed by atoms with van der Waals surface area (Å²) in [5.41, 5.74) is 4.16. The van der Waals surface area contributed by atoms with E-state index in [0.29, 0.717) is 0 Å². The Morgan fingerprint density at radius 3 is 2.25 bits per heavy atom. The largest absolute Gasteiger partial charge is 0.392 e. The van der Waals surface area contributed by atoms with E-state index in [0.717, 1.165) is 9.13 Å². The average molecular weight is 190 g/mol. The minimum absolute atomic E-state index is 0.0249. The van der Waals surface area contributed by atoms with Gasteiger partial charge in [-0.15, -0.1) is 0 Å². The fourth-order valence-corrected chi connectivity index (χ4v) is 0.999. The summed E-state index contributed by atoms with van der Waals surface area (Å²) >= 11 is 5.58. The van der Waals surface area contributed by atoms with E-state index in [2.05, 4.69) is 0 Å². The second-order valence-electron chi connectivity index (χ2n) is 2.41. The van der Waals surface area contributed by atoms with Gasteiger partial charge in [0, 0.05) is 14.1 Å². The molecular formula is C6H8ClN3O2. The zero-order valence-electron chi connectivity index (χ0n) is 6.67.